The van der Waals surface area contributed by atoms with E-state index in [1.54, 1.807) is 17.0 Å². The fourth-order valence-corrected chi connectivity index (χ4v) is 2.46. The van der Waals surface area contributed by atoms with Crippen molar-refractivity contribution in [3.8, 4) is 6.07 Å². The summed E-state index contributed by atoms with van der Waals surface area (Å²) in [7, 11) is 0. The number of amides is 1. The maximum absolute atomic E-state index is 11.9. The predicted octanol–water partition coefficient (Wildman–Crippen LogP) is 1.84. The van der Waals surface area contributed by atoms with E-state index in [0.717, 1.165) is 0 Å². The smallest absolute Gasteiger partial charge is 0.227 e. The zero-order valence-electron chi connectivity index (χ0n) is 9.56. The number of hydrogen-bond donors (Lipinski definition) is 1. The molecule has 1 saturated heterocycles. The van der Waals surface area contributed by atoms with Gasteiger partial charge >= 0.3 is 0 Å². The van der Waals surface area contributed by atoms with Crippen LogP contribution in [0, 0.1) is 17.2 Å². The van der Waals surface area contributed by atoms with Crippen LogP contribution in [0.25, 0.3) is 0 Å². The Bertz CT molecular complexity index is 564. The molecule has 1 aliphatic heterocycles. The number of rotatable bonds is 2. The Kier molecular flexibility index (Phi) is 3.34. The molecular formula is C12H11BrN4O. The summed E-state index contributed by atoms with van der Waals surface area (Å²) in [6, 6.07) is 3.59. The minimum atomic E-state index is -0.0334. The number of nitrogen functional groups attached to an aromatic ring is 1. The van der Waals surface area contributed by atoms with Gasteiger partial charge in [-0.2, -0.15) is 5.26 Å². The molecule has 0 radical (unpaired) electrons. The molecule has 1 aliphatic rings. The van der Waals surface area contributed by atoms with E-state index in [1.165, 1.54) is 0 Å². The third-order valence-electron chi connectivity index (χ3n) is 2.87. The second kappa shape index (κ2) is 4.78. The molecule has 6 heteroatoms. The first-order valence-electron chi connectivity index (χ1n) is 5.36. The molecule has 0 bridgehead atoms. The summed E-state index contributed by atoms with van der Waals surface area (Å²) >= 11 is 3.19. The molecule has 2 N–H and O–H groups in total. The molecule has 0 aromatic carbocycles. The van der Waals surface area contributed by atoms with Crippen molar-refractivity contribution in [2.75, 3.05) is 17.2 Å². The molecule has 0 saturated carbocycles. The summed E-state index contributed by atoms with van der Waals surface area (Å²) in [5.41, 5.74) is 6.48. The van der Waals surface area contributed by atoms with Gasteiger partial charge in [-0.25, -0.2) is 4.98 Å². The second-order valence-corrected chi connectivity index (χ2v) is 4.80. The Balaban J connectivity index is 2.49. The van der Waals surface area contributed by atoms with E-state index < -0.39 is 0 Å². The highest BCUT2D eigenvalue weighted by molar-refractivity contribution is 9.10. The van der Waals surface area contributed by atoms with E-state index in [-0.39, 0.29) is 17.6 Å². The lowest BCUT2D eigenvalue weighted by Crippen LogP contribution is -2.25. The van der Waals surface area contributed by atoms with Crippen LogP contribution in [-0.2, 0) is 4.79 Å². The van der Waals surface area contributed by atoms with Gasteiger partial charge in [0.25, 0.3) is 0 Å². The Hall–Kier alpha value is -1.87. The average Bonchev–Trinajstić information content (AvgIpc) is 2.69. The predicted molar refractivity (Wildman–Crippen MR) is 71.7 cm³/mol. The van der Waals surface area contributed by atoms with Crippen LogP contribution in [0.15, 0.2) is 23.3 Å². The zero-order chi connectivity index (χ0) is 13.3. The monoisotopic (exact) mass is 306 g/mol. The molecule has 1 atom stereocenters. The highest BCUT2D eigenvalue weighted by atomic mass is 79.9. The fraction of sp³-hybridized carbons (Fsp3) is 0.250. The van der Waals surface area contributed by atoms with Gasteiger partial charge in [0.05, 0.1) is 5.69 Å². The Morgan fingerprint density at radius 1 is 1.72 bits per heavy atom. The highest BCUT2D eigenvalue weighted by Crippen LogP contribution is 2.32. The summed E-state index contributed by atoms with van der Waals surface area (Å²) in [5, 5.41) is 9.14. The third kappa shape index (κ3) is 2.09. The summed E-state index contributed by atoms with van der Waals surface area (Å²) in [6.07, 6.45) is 2.16. The van der Waals surface area contributed by atoms with Crippen LogP contribution in [0.5, 0.6) is 0 Å². The molecule has 1 unspecified atom stereocenters. The average molecular weight is 307 g/mol. The molecular weight excluding hydrogens is 296 g/mol. The standard InChI is InChI=1S/C12H11BrN4O/c1-2-7-3-11(18)17(6-7)9-4-10(15)16-12(13)8(9)5-14/h2,4,7H,1,3,6H2,(H2,15,16). The van der Waals surface area contributed by atoms with E-state index in [2.05, 4.69) is 27.5 Å². The SMILES string of the molecule is C=CC1CC(=O)N(c2cc(N)nc(Br)c2C#N)C1. The van der Waals surface area contributed by atoms with Gasteiger partial charge in [-0.05, 0) is 15.9 Å². The van der Waals surface area contributed by atoms with Gasteiger partial charge in [-0.3, -0.25) is 4.79 Å². The number of carbonyl (C=O) groups excluding carboxylic acids is 1. The van der Waals surface area contributed by atoms with Crippen molar-refractivity contribution >= 4 is 33.3 Å². The number of pyridine rings is 1. The first-order valence-corrected chi connectivity index (χ1v) is 6.15. The van der Waals surface area contributed by atoms with Crippen molar-refractivity contribution in [3.05, 3.63) is 28.9 Å². The molecule has 1 amide bonds. The normalized spacial score (nSPS) is 18.8. The van der Waals surface area contributed by atoms with Crippen LogP contribution < -0.4 is 10.6 Å². The number of hydrogen-bond acceptors (Lipinski definition) is 4. The summed E-state index contributed by atoms with van der Waals surface area (Å²) in [5.74, 6) is 0.344. The van der Waals surface area contributed by atoms with Crippen LogP contribution in [0.3, 0.4) is 0 Å². The van der Waals surface area contributed by atoms with Gasteiger partial charge in [0.1, 0.15) is 22.1 Å². The maximum Gasteiger partial charge on any atom is 0.227 e. The first-order chi connectivity index (χ1) is 8.56. The zero-order valence-corrected chi connectivity index (χ0v) is 11.1. The van der Waals surface area contributed by atoms with Crippen molar-refractivity contribution in [2.24, 2.45) is 5.92 Å². The van der Waals surface area contributed by atoms with Crippen molar-refractivity contribution in [3.63, 3.8) is 0 Å². The maximum atomic E-state index is 11.9. The molecule has 18 heavy (non-hydrogen) atoms. The van der Waals surface area contributed by atoms with Crippen LogP contribution in [0.2, 0.25) is 0 Å². The minimum Gasteiger partial charge on any atom is -0.384 e. The molecule has 0 aliphatic carbocycles. The van der Waals surface area contributed by atoms with Crippen LogP contribution in [0.1, 0.15) is 12.0 Å². The lowest BCUT2D eigenvalue weighted by molar-refractivity contribution is -0.117. The number of halogens is 1. The second-order valence-electron chi connectivity index (χ2n) is 4.05. The molecule has 2 rings (SSSR count). The van der Waals surface area contributed by atoms with E-state index >= 15 is 0 Å². The Morgan fingerprint density at radius 3 is 3.00 bits per heavy atom. The Morgan fingerprint density at radius 2 is 2.44 bits per heavy atom. The van der Waals surface area contributed by atoms with Gasteiger partial charge in [0.2, 0.25) is 5.91 Å². The largest absolute Gasteiger partial charge is 0.384 e. The number of aromatic nitrogens is 1. The fourth-order valence-electron chi connectivity index (χ4n) is 1.96. The minimum absolute atomic E-state index is 0.0334. The van der Waals surface area contributed by atoms with Gasteiger partial charge in [-0.15, -0.1) is 6.58 Å². The van der Waals surface area contributed by atoms with Gasteiger partial charge in [-0.1, -0.05) is 6.08 Å². The first kappa shape index (κ1) is 12.6. The van der Waals surface area contributed by atoms with Gasteiger partial charge in [0.15, 0.2) is 0 Å². The van der Waals surface area contributed by atoms with E-state index in [0.29, 0.717) is 28.8 Å². The molecule has 2 heterocycles. The Labute approximate surface area is 113 Å². The van der Waals surface area contributed by atoms with Crippen molar-refractivity contribution in [1.82, 2.24) is 4.98 Å². The van der Waals surface area contributed by atoms with Gasteiger partial charge in [0, 0.05) is 24.9 Å². The van der Waals surface area contributed by atoms with E-state index in [9.17, 15) is 4.79 Å². The molecule has 92 valence electrons. The molecule has 5 nitrogen and oxygen atoms in total. The molecule has 1 fully saturated rings. The molecule has 1 aromatic heterocycles. The van der Waals surface area contributed by atoms with Crippen LogP contribution in [-0.4, -0.2) is 17.4 Å². The van der Waals surface area contributed by atoms with Crippen LogP contribution >= 0.6 is 15.9 Å². The third-order valence-corrected chi connectivity index (χ3v) is 3.44. The molecule has 0 spiro atoms. The van der Waals surface area contributed by atoms with E-state index in [4.69, 9.17) is 11.0 Å². The van der Waals surface area contributed by atoms with Crippen molar-refractivity contribution in [2.45, 2.75) is 6.42 Å². The topological polar surface area (TPSA) is 83.0 Å². The number of nitriles is 1. The summed E-state index contributed by atoms with van der Waals surface area (Å²) in [4.78, 5) is 17.4. The van der Waals surface area contributed by atoms with Crippen molar-refractivity contribution in [1.29, 1.82) is 5.26 Å². The van der Waals surface area contributed by atoms with E-state index in [1.807, 2.05) is 6.07 Å². The number of carbonyl (C=O) groups is 1. The summed E-state index contributed by atoms with van der Waals surface area (Å²) < 4.78 is 0.356. The van der Waals surface area contributed by atoms with Crippen molar-refractivity contribution < 1.29 is 4.79 Å². The lowest BCUT2D eigenvalue weighted by atomic mass is 10.1. The van der Waals surface area contributed by atoms with Gasteiger partial charge < -0.3 is 10.6 Å². The quantitative estimate of drug-likeness (QED) is 0.667. The molecule has 1 aromatic rings. The highest BCUT2D eigenvalue weighted by Gasteiger charge is 2.31. The number of anilines is 2. The number of nitrogens with two attached hydrogens (primary N) is 1. The number of nitrogens with zero attached hydrogens (tertiary/aromatic N) is 3. The summed E-state index contributed by atoms with van der Waals surface area (Å²) in [6.45, 7) is 4.21. The van der Waals surface area contributed by atoms with Crippen LogP contribution in [0.4, 0.5) is 11.5 Å². The lowest BCUT2D eigenvalue weighted by Gasteiger charge is -2.18.